The fraction of sp³-hybridized carbons (Fsp3) is 0.833. The molecule has 2 aliphatic heterocycles. The second kappa shape index (κ2) is 2.75. The Morgan fingerprint density at radius 1 is 1.60 bits per heavy atom. The third kappa shape index (κ3) is 1.20. The maximum atomic E-state index is 11.1. The fourth-order valence-electron chi connectivity index (χ4n) is 1.22. The number of carbonyl (C=O) groups is 1. The van der Waals surface area contributed by atoms with Crippen LogP contribution in [0.4, 0.5) is 0 Å². The first-order chi connectivity index (χ1) is 4.86. The predicted molar refractivity (Wildman–Crippen MR) is 42.9 cm³/mol. The highest BCUT2D eigenvalue weighted by Crippen LogP contribution is 2.37. The van der Waals surface area contributed by atoms with Gasteiger partial charge in [-0.25, -0.2) is 0 Å². The van der Waals surface area contributed by atoms with Crippen LogP contribution in [0.5, 0.6) is 0 Å². The Morgan fingerprint density at radius 2 is 2.50 bits per heavy atom. The largest absolute Gasteiger partial charge is 0.377 e. The Morgan fingerprint density at radius 3 is 3.40 bits per heavy atom. The van der Waals surface area contributed by atoms with Crippen LogP contribution in [0.3, 0.4) is 0 Å². The molecule has 0 aromatic rings. The normalized spacial score (nSPS) is 39.8. The molecule has 0 aromatic heterocycles. The van der Waals surface area contributed by atoms with Crippen LogP contribution in [-0.4, -0.2) is 23.6 Å². The minimum Gasteiger partial charge on any atom is -0.377 e. The summed E-state index contributed by atoms with van der Waals surface area (Å²) in [5.74, 6) is 1.18. The van der Waals surface area contributed by atoms with Crippen LogP contribution in [0.25, 0.3) is 0 Å². The lowest BCUT2D eigenvalue weighted by Gasteiger charge is -2.05. The van der Waals surface area contributed by atoms with E-state index in [0.29, 0.717) is 17.8 Å². The third-order valence-electron chi connectivity index (χ3n) is 1.81. The van der Waals surface area contributed by atoms with Gasteiger partial charge in [-0.3, -0.25) is 4.79 Å². The van der Waals surface area contributed by atoms with Gasteiger partial charge < -0.3 is 4.74 Å². The maximum Gasteiger partial charge on any atom is 0.204 e. The lowest BCUT2D eigenvalue weighted by atomic mass is 10.1. The van der Waals surface area contributed by atoms with E-state index in [0.717, 1.165) is 12.2 Å². The van der Waals surface area contributed by atoms with Crippen molar-refractivity contribution in [1.29, 1.82) is 0 Å². The average molecular weight is 176 g/mol. The third-order valence-corrected chi connectivity index (χ3v) is 4.19. The van der Waals surface area contributed by atoms with Crippen molar-refractivity contribution in [2.24, 2.45) is 5.92 Å². The van der Waals surface area contributed by atoms with Gasteiger partial charge in [0.05, 0.1) is 18.6 Å². The van der Waals surface area contributed by atoms with E-state index in [2.05, 4.69) is 0 Å². The Bertz CT molecular complexity index is 160. The summed E-state index contributed by atoms with van der Waals surface area (Å²) in [5, 5.41) is 0.310. The Hall–Kier alpha value is 0.330. The molecule has 0 N–H and O–H groups in total. The van der Waals surface area contributed by atoms with Crippen molar-refractivity contribution in [1.82, 2.24) is 0 Å². The summed E-state index contributed by atoms with van der Waals surface area (Å²) < 4.78 is 5.37. The molecular formula is C6H8O2S2. The molecule has 2 rings (SSSR count). The van der Waals surface area contributed by atoms with E-state index in [-0.39, 0.29) is 5.92 Å². The average Bonchev–Trinajstić information content (AvgIpc) is 2.27. The van der Waals surface area contributed by atoms with Crippen LogP contribution in [0, 0.1) is 5.92 Å². The number of fused-ring (bicyclic) bond motifs is 2. The van der Waals surface area contributed by atoms with E-state index in [9.17, 15) is 4.79 Å². The molecule has 2 aliphatic rings. The SMILES string of the molecule is O=C1SSCC2CC1CO2. The number of carbonyl (C=O) groups excluding carboxylic acids is 1. The molecule has 0 saturated carbocycles. The summed E-state index contributed by atoms with van der Waals surface area (Å²) in [6.07, 6.45) is 1.31. The second-order valence-corrected chi connectivity index (χ2v) is 4.92. The molecule has 0 radical (unpaired) electrons. The van der Waals surface area contributed by atoms with Crippen molar-refractivity contribution in [3.05, 3.63) is 0 Å². The number of rotatable bonds is 0. The van der Waals surface area contributed by atoms with Gasteiger partial charge in [-0.05, 0) is 17.2 Å². The summed E-state index contributed by atoms with van der Waals surface area (Å²) >= 11 is 0. The lowest BCUT2D eigenvalue weighted by Crippen LogP contribution is -2.08. The van der Waals surface area contributed by atoms with Crippen LogP contribution in [0.1, 0.15) is 6.42 Å². The van der Waals surface area contributed by atoms with Gasteiger partial charge in [-0.1, -0.05) is 10.8 Å². The molecule has 10 heavy (non-hydrogen) atoms. The molecule has 2 saturated heterocycles. The van der Waals surface area contributed by atoms with Gasteiger partial charge in [0.25, 0.3) is 0 Å². The van der Waals surface area contributed by atoms with Crippen molar-refractivity contribution >= 4 is 26.7 Å². The predicted octanol–water partition coefficient (Wildman–Crippen LogP) is 1.31. The van der Waals surface area contributed by atoms with Gasteiger partial charge in [-0.2, -0.15) is 0 Å². The molecule has 4 heteroatoms. The Labute approximate surface area is 67.5 Å². The number of ether oxygens (including phenoxy) is 1. The molecule has 2 heterocycles. The van der Waals surface area contributed by atoms with Crippen molar-refractivity contribution < 1.29 is 9.53 Å². The van der Waals surface area contributed by atoms with Gasteiger partial charge >= 0.3 is 0 Å². The molecule has 0 aromatic carbocycles. The lowest BCUT2D eigenvalue weighted by molar-refractivity contribution is -0.114. The molecule has 0 aliphatic carbocycles. The van der Waals surface area contributed by atoms with E-state index in [1.807, 2.05) is 0 Å². The zero-order valence-corrected chi connectivity index (χ0v) is 7.04. The van der Waals surface area contributed by atoms with Gasteiger partial charge in [-0.15, -0.1) is 0 Å². The van der Waals surface area contributed by atoms with Crippen LogP contribution < -0.4 is 0 Å². The molecule has 2 bridgehead atoms. The molecule has 56 valence electrons. The van der Waals surface area contributed by atoms with Gasteiger partial charge in [0, 0.05) is 5.75 Å². The quantitative estimate of drug-likeness (QED) is 0.520. The van der Waals surface area contributed by atoms with Crippen molar-refractivity contribution in [2.45, 2.75) is 12.5 Å². The molecule has 2 nitrogen and oxygen atoms in total. The first-order valence-corrected chi connectivity index (χ1v) is 5.63. The highest BCUT2D eigenvalue weighted by atomic mass is 33.1. The van der Waals surface area contributed by atoms with Crippen LogP contribution in [0.2, 0.25) is 0 Å². The second-order valence-electron chi connectivity index (χ2n) is 2.57. The summed E-state index contributed by atoms with van der Waals surface area (Å²) in [7, 11) is 3.03. The van der Waals surface area contributed by atoms with Crippen LogP contribution in [0.15, 0.2) is 0 Å². The van der Waals surface area contributed by atoms with Crippen molar-refractivity contribution in [3.63, 3.8) is 0 Å². The van der Waals surface area contributed by atoms with E-state index in [1.54, 1.807) is 10.8 Å². The van der Waals surface area contributed by atoms with Gasteiger partial charge in [0.1, 0.15) is 0 Å². The first-order valence-electron chi connectivity index (χ1n) is 3.31. The monoisotopic (exact) mass is 176 g/mol. The van der Waals surface area contributed by atoms with E-state index >= 15 is 0 Å². The summed E-state index contributed by atoms with van der Waals surface area (Å²) in [6.45, 7) is 0.664. The zero-order valence-electron chi connectivity index (χ0n) is 5.41. The highest BCUT2D eigenvalue weighted by molar-refractivity contribution is 8.82. The molecule has 0 amide bonds. The molecular weight excluding hydrogens is 168 g/mol. The Balaban J connectivity index is 2.10. The topological polar surface area (TPSA) is 26.3 Å². The Kier molecular flexibility index (Phi) is 1.93. The molecule has 2 atom stereocenters. The van der Waals surface area contributed by atoms with E-state index in [4.69, 9.17) is 4.74 Å². The maximum absolute atomic E-state index is 11.1. The minimum atomic E-state index is 0.199. The minimum absolute atomic E-state index is 0.199. The standard InChI is InChI=1S/C6H8O2S2/c7-6-4-1-5(8-2-4)3-9-10-6/h4-5H,1-3H2. The molecule has 2 fully saturated rings. The van der Waals surface area contributed by atoms with E-state index < -0.39 is 0 Å². The number of hydrogen-bond donors (Lipinski definition) is 0. The summed E-state index contributed by atoms with van der Waals surface area (Å²) in [5.41, 5.74) is 0. The highest BCUT2D eigenvalue weighted by Gasteiger charge is 2.34. The fourth-order valence-corrected chi connectivity index (χ4v) is 3.51. The summed E-state index contributed by atoms with van der Waals surface area (Å²) in [4.78, 5) is 11.1. The van der Waals surface area contributed by atoms with E-state index in [1.165, 1.54) is 10.8 Å². The smallest absolute Gasteiger partial charge is 0.204 e. The van der Waals surface area contributed by atoms with Crippen LogP contribution in [-0.2, 0) is 9.53 Å². The zero-order chi connectivity index (χ0) is 6.97. The van der Waals surface area contributed by atoms with Gasteiger partial charge in [0.2, 0.25) is 5.12 Å². The summed E-state index contributed by atoms with van der Waals surface area (Å²) in [6, 6.07) is 0. The van der Waals surface area contributed by atoms with Crippen LogP contribution >= 0.6 is 21.6 Å². The molecule has 2 unspecified atom stereocenters. The first kappa shape index (κ1) is 7.00. The molecule has 0 spiro atoms. The van der Waals surface area contributed by atoms with Crippen molar-refractivity contribution in [3.8, 4) is 0 Å². The van der Waals surface area contributed by atoms with Gasteiger partial charge in [0.15, 0.2) is 0 Å². The number of hydrogen-bond acceptors (Lipinski definition) is 4. The van der Waals surface area contributed by atoms with Crippen molar-refractivity contribution in [2.75, 3.05) is 12.4 Å².